The van der Waals surface area contributed by atoms with Gasteiger partial charge in [0, 0.05) is 0 Å². The summed E-state index contributed by atoms with van der Waals surface area (Å²) in [4.78, 5) is 0. The van der Waals surface area contributed by atoms with Crippen molar-refractivity contribution in [3.05, 3.63) is 29.8 Å². The van der Waals surface area contributed by atoms with Crippen LogP contribution in [0.3, 0.4) is 0 Å². The molecule has 0 aliphatic heterocycles. The van der Waals surface area contributed by atoms with Crippen molar-refractivity contribution in [3.8, 4) is 6.07 Å². The van der Waals surface area contributed by atoms with Gasteiger partial charge in [-0.15, -0.1) is 0 Å². The van der Waals surface area contributed by atoms with Gasteiger partial charge in [-0.05, 0) is 0 Å². The third kappa shape index (κ3) is 2.54. The van der Waals surface area contributed by atoms with Crippen LogP contribution >= 0.6 is 19.8 Å². The summed E-state index contributed by atoms with van der Waals surface area (Å²) < 4.78 is 1.46. The minimum absolute atomic E-state index is 0.531. The quantitative estimate of drug-likeness (QED) is 0.604. The molecule has 1 rings (SSSR count). The van der Waals surface area contributed by atoms with Crippen LogP contribution < -0.4 is 4.16 Å². The molecule has 0 aliphatic carbocycles. The topological polar surface area (TPSA) is 23.8 Å². The Balaban J connectivity index is 2.94. The molecule has 0 saturated carbocycles. The Morgan fingerprint density at radius 1 is 1.45 bits per heavy atom. The second-order valence-corrected chi connectivity index (χ2v) is 8.36. The number of benzene rings is 1. The van der Waals surface area contributed by atoms with Gasteiger partial charge >= 0.3 is 85.1 Å². The normalized spacial score (nSPS) is 8.36. The zero-order chi connectivity index (χ0) is 8.10. The molecule has 0 fully saturated rings. The van der Waals surface area contributed by atoms with Crippen LogP contribution in [0.1, 0.15) is 5.56 Å². The van der Waals surface area contributed by atoms with Crippen molar-refractivity contribution in [1.82, 2.24) is 0 Å². The van der Waals surface area contributed by atoms with Crippen molar-refractivity contribution in [2.75, 3.05) is 0 Å². The van der Waals surface area contributed by atoms with E-state index in [1.54, 1.807) is 0 Å². The van der Waals surface area contributed by atoms with Crippen LogP contribution in [-0.4, -0.2) is 0 Å². The summed E-state index contributed by atoms with van der Waals surface area (Å²) in [6.07, 6.45) is 0.574. The summed E-state index contributed by atoms with van der Waals surface area (Å²) in [7, 11) is 0. The molecule has 0 atom stereocenters. The molecule has 0 spiro atoms. The maximum atomic E-state index is 8.51. The number of halogens is 1. The van der Waals surface area contributed by atoms with E-state index in [-0.39, 0.29) is 0 Å². The first-order chi connectivity index (χ1) is 5.38. The van der Waals surface area contributed by atoms with Gasteiger partial charge in [0.2, 0.25) is 0 Å². The molecule has 3 heteroatoms. The minimum atomic E-state index is -0.531. The molecule has 0 saturated heterocycles. The summed E-state index contributed by atoms with van der Waals surface area (Å²) >= 11 is 1.97. The monoisotopic (exact) mass is 307 g/mol. The predicted octanol–water partition coefficient (Wildman–Crippen LogP) is 1.81. The van der Waals surface area contributed by atoms with Gasteiger partial charge in [-0.3, -0.25) is 0 Å². The first-order valence-corrected chi connectivity index (χ1v) is 13.9. The van der Waals surface area contributed by atoms with Gasteiger partial charge < -0.3 is 0 Å². The van der Waals surface area contributed by atoms with Gasteiger partial charge in [0.25, 0.3) is 0 Å². The van der Waals surface area contributed by atoms with Gasteiger partial charge in [0.05, 0.1) is 0 Å². The molecule has 0 aliphatic rings. The van der Waals surface area contributed by atoms with Gasteiger partial charge in [-0.25, -0.2) is 0 Å². The number of nitriles is 1. The molecule has 0 N–H and O–H groups in total. The fraction of sp³-hybridized carbons (Fsp3) is 0.125. The Bertz CT molecular complexity index is 280. The van der Waals surface area contributed by atoms with E-state index in [9.17, 15) is 0 Å². The fourth-order valence-electron chi connectivity index (χ4n) is 0.945. The van der Waals surface area contributed by atoms with Gasteiger partial charge in [-0.2, -0.15) is 0 Å². The zero-order valence-electron chi connectivity index (χ0n) is 6.05. The molecule has 52 valence electrons. The molecule has 0 bridgehead atoms. The summed E-state index contributed by atoms with van der Waals surface area (Å²) in [6, 6.07) is 10.5. The van der Waals surface area contributed by atoms with Gasteiger partial charge in [-0.1, -0.05) is 0 Å². The van der Waals surface area contributed by atoms with Crippen molar-refractivity contribution in [2.45, 2.75) is 6.42 Å². The first kappa shape index (κ1) is 9.15. The van der Waals surface area contributed by atoms with Crippen molar-refractivity contribution >= 4 is 23.9 Å². The van der Waals surface area contributed by atoms with E-state index in [4.69, 9.17) is 5.26 Å². The maximum absolute atomic E-state index is 8.51. The van der Waals surface area contributed by atoms with E-state index < -0.39 is 13.6 Å². The van der Waals surface area contributed by atoms with Crippen LogP contribution in [0.15, 0.2) is 24.3 Å². The molecular formula is C8H6INZn. The van der Waals surface area contributed by atoms with E-state index in [1.807, 2.05) is 6.07 Å². The molecule has 0 unspecified atom stereocenters. The summed E-state index contributed by atoms with van der Waals surface area (Å²) in [6.45, 7) is 0. The molecule has 1 aromatic carbocycles. The fourth-order valence-corrected chi connectivity index (χ4v) is 6.15. The Morgan fingerprint density at radius 3 is 2.82 bits per heavy atom. The number of hydrogen-bond donors (Lipinski definition) is 0. The summed E-state index contributed by atoms with van der Waals surface area (Å²) in [5.74, 6) is 0. The van der Waals surface area contributed by atoms with E-state index >= 15 is 0 Å². The third-order valence-electron chi connectivity index (χ3n) is 1.53. The first-order valence-electron chi connectivity index (χ1n) is 3.38. The number of nitrogens with zero attached hydrogens (tertiary/aromatic N) is 1. The molecule has 0 radical (unpaired) electrons. The molecule has 11 heavy (non-hydrogen) atoms. The zero-order valence-corrected chi connectivity index (χ0v) is 11.2. The second-order valence-electron chi connectivity index (χ2n) is 2.24. The average Bonchev–Trinajstić information content (AvgIpc) is 2.06. The van der Waals surface area contributed by atoms with Crippen LogP contribution in [-0.2, 0) is 20.0 Å². The van der Waals surface area contributed by atoms with Crippen LogP contribution in [0, 0.1) is 11.3 Å². The van der Waals surface area contributed by atoms with Crippen LogP contribution in [0.25, 0.3) is 0 Å². The van der Waals surface area contributed by atoms with Crippen LogP contribution in [0.5, 0.6) is 0 Å². The summed E-state index contributed by atoms with van der Waals surface area (Å²) in [5, 5.41) is 8.51. The standard InChI is InChI=1S/C8H6N.HI.Zn/c9-7-6-8-4-2-1-3-5-8;;/h1-4H,6H2;1H;/q;;+1/p-1. The Kier molecular flexibility index (Phi) is 4.03. The molecule has 1 aromatic rings. The Labute approximate surface area is 84.6 Å². The predicted molar refractivity (Wildman–Crippen MR) is 49.4 cm³/mol. The number of rotatable bonds is 2. The molecular weight excluding hydrogens is 302 g/mol. The van der Waals surface area contributed by atoms with E-state index in [1.165, 1.54) is 9.72 Å². The van der Waals surface area contributed by atoms with Crippen molar-refractivity contribution in [2.24, 2.45) is 0 Å². The van der Waals surface area contributed by atoms with Crippen molar-refractivity contribution in [3.63, 3.8) is 0 Å². The van der Waals surface area contributed by atoms with Crippen LogP contribution in [0.4, 0.5) is 0 Å². The van der Waals surface area contributed by atoms with E-state index in [0.717, 1.165) is 0 Å². The molecule has 0 amide bonds. The van der Waals surface area contributed by atoms with Gasteiger partial charge in [0.1, 0.15) is 0 Å². The average molecular weight is 308 g/mol. The van der Waals surface area contributed by atoms with Crippen molar-refractivity contribution < 1.29 is 13.6 Å². The second kappa shape index (κ2) is 4.84. The Hall–Kier alpha value is 0.0634. The number of hydrogen-bond acceptors (Lipinski definition) is 1. The Morgan fingerprint density at radius 2 is 2.18 bits per heavy atom. The molecule has 1 nitrogen and oxygen atoms in total. The SMILES string of the molecule is N#CCc1cccc[c]1[Zn][I]. The van der Waals surface area contributed by atoms with E-state index in [2.05, 4.69) is 44.0 Å². The van der Waals surface area contributed by atoms with Gasteiger partial charge in [0.15, 0.2) is 0 Å². The summed E-state index contributed by atoms with van der Waals surface area (Å²) in [5.41, 5.74) is 1.24. The molecule has 0 aromatic heterocycles. The van der Waals surface area contributed by atoms with E-state index in [0.29, 0.717) is 6.42 Å². The third-order valence-corrected chi connectivity index (χ3v) is 7.85. The van der Waals surface area contributed by atoms with Crippen molar-refractivity contribution in [1.29, 1.82) is 5.26 Å². The molecule has 0 heterocycles. The van der Waals surface area contributed by atoms with Crippen LogP contribution in [0.2, 0.25) is 0 Å².